The first-order valence-corrected chi connectivity index (χ1v) is 8.77. The van der Waals surface area contributed by atoms with E-state index in [-0.39, 0.29) is 18.2 Å². The van der Waals surface area contributed by atoms with E-state index in [2.05, 4.69) is 11.1 Å². The van der Waals surface area contributed by atoms with Gasteiger partial charge in [-0.25, -0.2) is 9.88 Å². The fraction of sp³-hybridized carbons (Fsp3) is 0.263. The minimum atomic E-state index is -0.561. The molecule has 1 saturated heterocycles. The molecule has 1 aromatic heterocycles. The van der Waals surface area contributed by atoms with Gasteiger partial charge in [0.25, 0.3) is 0 Å². The van der Waals surface area contributed by atoms with Crippen molar-refractivity contribution in [2.45, 2.75) is 37.5 Å². The number of imide groups is 1. The number of rotatable bonds is 3. The predicted molar refractivity (Wildman–Crippen MR) is 96.4 cm³/mol. The summed E-state index contributed by atoms with van der Waals surface area (Å²) in [6.07, 6.45) is 0.108. The summed E-state index contributed by atoms with van der Waals surface area (Å²) >= 11 is 1.20. The SMILES string of the molecule is Cc1ccc(N2C(=O)CC(Sc3nc(C)cc(C)c3C#N)C2=O)cc1. The maximum absolute atomic E-state index is 12.7. The summed E-state index contributed by atoms with van der Waals surface area (Å²) in [6, 6.07) is 11.3. The molecule has 2 heterocycles. The second-order valence-electron chi connectivity index (χ2n) is 6.09. The minimum absolute atomic E-state index is 0.108. The molecule has 25 heavy (non-hydrogen) atoms. The topological polar surface area (TPSA) is 74.1 Å². The Kier molecular flexibility index (Phi) is 4.60. The zero-order chi connectivity index (χ0) is 18.1. The van der Waals surface area contributed by atoms with Gasteiger partial charge in [0.15, 0.2) is 0 Å². The van der Waals surface area contributed by atoms with Crippen molar-refractivity contribution < 1.29 is 9.59 Å². The third-order valence-electron chi connectivity index (χ3n) is 4.07. The van der Waals surface area contributed by atoms with Crippen molar-refractivity contribution in [3.63, 3.8) is 0 Å². The second kappa shape index (κ2) is 6.69. The highest BCUT2D eigenvalue weighted by molar-refractivity contribution is 8.00. The summed E-state index contributed by atoms with van der Waals surface area (Å²) in [5, 5.41) is 9.32. The maximum Gasteiger partial charge on any atom is 0.247 e. The van der Waals surface area contributed by atoms with Gasteiger partial charge >= 0.3 is 0 Å². The van der Waals surface area contributed by atoms with Crippen LogP contribution in [-0.4, -0.2) is 22.0 Å². The zero-order valence-corrected chi connectivity index (χ0v) is 15.1. The fourth-order valence-electron chi connectivity index (χ4n) is 2.82. The van der Waals surface area contributed by atoms with Crippen LogP contribution in [-0.2, 0) is 9.59 Å². The van der Waals surface area contributed by atoms with Gasteiger partial charge in [0.2, 0.25) is 11.8 Å². The van der Waals surface area contributed by atoms with E-state index in [0.717, 1.165) is 16.8 Å². The number of nitrogens with zero attached hydrogens (tertiary/aromatic N) is 3. The molecule has 0 saturated carbocycles. The van der Waals surface area contributed by atoms with Gasteiger partial charge in [-0.2, -0.15) is 5.26 Å². The molecule has 1 aromatic carbocycles. The molecule has 5 nitrogen and oxygen atoms in total. The van der Waals surface area contributed by atoms with E-state index in [4.69, 9.17) is 0 Å². The molecular weight excluding hydrogens is 334 g/mol. The first-order chi connectivity index (χ1) is 11.9. The summed E-state index contributed by atoms with van der Waals surface area (Å²) < 4.78 is 0. The summed E-state index contributed by atoms with van der Waals surface area (Å²) in [6.45, 7) is 5.64. The third kappa shape index (κ3) is 3.28. The van der Waals surface area contributed by atoms with Crippen LogP contribution >= 0.6 is 11.8 Å². The summed E-state index contributed by atoms with van der Waals surface area (Å²) in [7, 11) is 0. The van der Waals surface area contributed by atoms with Crippen LogP contribution in [0, 0.1) is 32.1 Å². The van der Waals surface area contributed by atoms with E-state index in [1.165, 1.54) is 16.7 Å². The molecule has 0 spiro atoms. The van der Waals surface area contributed by atoms with E-state index >= 15 is 0 Å². The third-order valence-corrected chi connectivity index (χ3v) is 5.25. The average Bonchev–Trinajstić information content (AvgIpc) is 2.82. The van der Waals surface area contributed by atoms with Crippen molar-refractivity contribution in [3.8, 4) is 6.07 Å². The standard InChI is InChI=1S/C19H17N3O2S/c1-11-4-6-14(7-5-11)22-17(23)9-16(19(22)24)25-18-15(10-20)12(2)8-13(3)21-18/h4-8,16H,9H2,1-3H3. The number of aromatic nitrogens is 1. The Hall–Kier alpha value is -2.65. The Morgan fingerprint density at radius 2 is 1.88 bits per heavy atom. The molecule has 1 aliphatic rings. The van der Waals surface area contributed by atoms with E-state index in [9.17, 15) is 14.9 Å². The monoisotopic (exact) mass is 351 g/mol. The molecule has 1 aliphatic heterocycles. The Bertz CT molecular complexity index is 900. The number of nitriles is 1. The van der Waals surface area contributed by atoms with Gasteiger partial charge in [0.1, 0.15) is 11.1 Å². The number of amides is 2. The number of benzene rings is 1. The van der Waals surface area contributed by atoms with Gasteiger partial charge in [-0.1, -0.05) is 29.5 Å². The molecule has 3 rings (SSSR count). The van der Waals surface area contributed by atoms with Crippen molar-refractivity contribution in [1.29, 1.82) is 5.26 Å². The van der Waals surface area contributed by atoms with Crippen molar-refractivity contribution >= 4 is 29.3 Å². The van der Waals surface area contributed by atoms with E-state index in [1.807, 2.05) is 39.0 Å². The van der Waals surface area contributed by atoms with Gasteiger partial charge in [0.05, 0.1) is 16.5 Å². The lowest BCUT2D eigenvalue weighted by atomic mass is 10.1. The number of anilines is 1. The highest BCUT2D eigenvalue weighted by Crippen LogP contribution is 2.35. The number of carbonyl (C=O) groups excluding carboxylic acids is 2. The fourth-order valence-corrected chi connectivity index (χ4v) is 4.04. The molecule has 1 unspecified atom stereocenters. The number of hydrogen-bond acceptors (Lipinski definition) is 5. The second-order valence-corrected chi connectivity index (χ2v) is 7.28. The Labute approximate surface area is 150 Å². The molecule has 2 amide bonds. The van der Waals surface area contributed by atoms with Crippen molar-refractivity contribution in [2.24, 2.45) is 0 Å². The van der Waals surface area contributed by atoms with Crippen LogP contribution in [0.2, 0.25) is 0 Å². The molecule has 0 bridgehead atoms. The van der Waals surface area contributed by atoms with Crippen LogP contribution in [0.3, 0.4) is 0 Å². The van der Waals surface area contributed by atoms with Gasteiger partial charge in [-0.15, -0.1) is 0 Å². The smallest absolute Gasteiger partial charge is 0.247 e. The molecule has 0 aliphatic carbocycles. The number of pyridine rings is 1. The molecular formula is C19H17N3O2S. The van der Waals surface area contributed by atoms with Crippen LogP contribution < -0.4 is 4.90 Å². The van der Waals surface area contributed by atoms with Crippen LogP contribution in [0.4, 0.5) is 5.69 Å². The summed E-state index contributed by atoms with van der Waals surface area (Å²) in [4.78, 5) is 30.7. The van der Waals surface area contributed by atoms with E-state index in [0.29, 0.717) is 16.3 Å². The molecule has 6 heteroatoms. The first-order valence-electron chi connectivity index (χ1n) is 7.89. The molecule has 0 N–H and O–H groups in total. The molecule has 1 fully saturated rings. The first kappa shape index (κ1) is 17.2. The molecule has 2 aromatic rings. The highest BCUT2D eigenvalue weighted by atomic mass is 32.2. The number of aryl methyl sites for hydroxylation is 3. The Balaban J connectivity index is 1.89. The summed E-state index contributed by atoms with van der Waals surface area (Å²) in [5.74, 6) is -0.488. The van der Waals surface area contributed by atoms with Crippen molar-refractivity contribution in [3.05, 3.63) is 52.7 Å². The summed E-state index contributed by atoms with van der Waals surface area (Å²) in [5.41, 5.74) is 3.71. The molecule has 126 valence electrons. The van der Waals surface area contributed by atoms with Crippen molar-refractivity contribution in [2.75, 3.05) is 4.90 Å². The molecule has 1 atom stereocenters. The Morgan fingerprint density at radius 3 is 2.52 bits per heavy atom. The lowest BCUT2D eigenvalue weighted by Gasteiger charge is -2.15. The quantitative estimate of drug-likeness (QED) is 0.793. The van der Waals surface area contributed by atoms with Gasteiger partial charge in [-0.05, 0) is 44.5 Å². The van der Waals surface area contributed by atoms with Gasteiger partial charge in [0, 0.05) is 12.1 Å². The maximum atomic E-state index is 12.7. The number of hydrogen-bond donors (Lipinski definition) is 0. The zero-order valence-electron chi connectivity index (χ0n) is 14.2. The molecule has 0 radical (unpaired) electrons. The highest BCUT2D eigenvalue weighted by Gasteiger charge is 2.40. The lowest BCUT2D eigenvalue weighted by molar-refractivity contribution is -0.121. The predicted octanol–water partition coefficient (Wildman–Crippen LogP) is 3.30. The van der Waals surface area contributed by atoms with E-state index < -0.39 is 5.25 Å². The van der Waals surface area contributed by atoms with E-state index in [1.54, 1.807) is 12.1 Å². The largest absolute Gasteiger partial charge is 0.274 e. The minimum Gasteiger partial charge on any atom is -0.274 e. The Morgan fingerprint density at radius 1 is 1.20 bits per heavy atom. The van der Waals surface area contributed by atoms with Crippen LogP contribution in [0.25, 0.3) is 0 Å². The lowest BCUT2D eigenvalue weighted by Crippen LogP contribution is -2.31. The number of carbonyl (C=O) groups is 2. The van der Waals surface area contributed by atoms with Gasteiger partial charge in [-0.3, -0.25) is 9.59 Å². The van der Waals surface area contributed by atoms with Gasteiger partial charge < -0.3 is 0 Å². The normalized spacial score (nSPS) is 17.0. The van der Waals surface area contributed by atoms with Crippen LogP contribution in [0.5, 0.6) is 0 Å². The number of thioether (sulfide) groups is 1. The van der Waals surface area contributed by atoms with Crippen molar-refractivity contribution in [1.82, 2.24) is 4.98 Å². The van der Waals surface area contributed by atoms with Crippen LogP contribution in [0.1, 0.15) is 28.8 Å². The van der Waals surface area contributed by atoms with Crippen LogP contribution in [0.15, 0.2) is 35.4 Å². The average molecular weight is 351 g/mol.